The van der Waals surface area contributed by atoms with Gasteiger partial charge < -0.3 is 0 Å². The summed E-state index contributed by atoms with van der Waals surface area (Å²) in [6.07, 6.45) is 1.62. The Bertz CT molecular complexity index is 161. The van der Waals surface area contributed by atoms with Gasteiger partial charge in [0.25, 0.3) is 0 Å². The van der Waals surface area contributed by atoms with Gasteiger partial charge in [0, 0.05) is 0 Å². The molecule has 13 heavy (non-hydrogen) atoms. The Hall–Kier alpha value is 0.920. The molecule has 0 bridgehead atoms. The molecule has 0 rings (SSSR count). The van der Waals surface area contributed by atoms with Crippen molar-refractivity contribution in [3.05, 3.63) is 0 Å². The summed E-state index contributed by atoms with van der Waals surface area (Å²) < 4.78 is 26.0. The van der Waals surface area contributed by atoms with Gasteiger partial charge in [0.05, 0.1) is 0 Å². The summed E-state index contributed by atoms with van der Waals surface area (Å²) in [7, 11) is 2.57. The first-order valence-corrected chi connectivity index (χ1v) is 11.4. The van der Waals surface area contributed by atoms with Crippen LogP contribution in [0.25, 0.3) is 0 Å². The van der Waals surface area contributed by atoms with E-state index in [0.29, 0.717) is 6.61 Å². The zero-order chi connectivity index (χ0) is 10.6. The van der Waals surface area contributed by atoms with Gasteiger partial charge in [0.2, 0.25) is 0 Å². The molecule has 0 fully saturated rings. The van der Waals surface area contributed by atoms with Crippen LogP contribution in [0.3, 0.4) is 0 Å². The average Bonchev–Trinajstić information content (AvgIpc) is 2.04. The summed E-state index contributed by atoms with van der Waals surface area (Å²) in [5.41, 5.74) is 0. The van der Waals surface area contributed by atoms with Crippen molar-refractivity contribution in [3.63, 3.8) is 0 Å². The van der Waals surface area contributed by atoms with Crippen LogP contribution in [0.4, 0.5) is 0 Å². The fourth-order valence-electron chi connectivity index (χ4n) is 0.731. The quantitative estimate of drug-likeness (QED) is 0.761. The molecule has 6 heteroatoms. The third-order valence-electron chi connectivity index (χ3n) is 1.13. The molecule has 0 aromatic heterocycles. The van der Waals surface area contributed by atoms with Crippen molar-refractivity contribution in [3.8, 4) is 0 Å². The summed E-state index contributed by atoms with van der Waals surface area (Å²) in [4.78, 5) is 0. The molecule has 0 saturated carbocycles. The van der Waals surface area contributed by atoms with Gasteiger partial charge in [0.15, 0.2) is 0 Å². The standard InChI is InChI=1S/C7H19IO4S/c1-6-11-8(9,10-4,13-5)12-7(2)3/h7,9H,6H2,1-5H3. The van der Waals surface area contributed by atoms with Crippen LogP contribution in [0, 0.1) is 0 Å². The molecule has 0 atom stereocenters. The predicted molar refractivity (Wildman–Crippen MR) is 64.6 cm³/mol. The minimum atomic E-state index is -4.50. The summed E-state index contributed by atoms with van der Waals surface area (Å²) in [5.74, 6) is 0. The Morgan fingerprint density at radius 1 is 1.46 bits per heavy atom. The fourth-order valence-corrected chi connectivity index (χ4v) is 8.41. The first-order chi connectivity index (χ1) is 5.90. The van der Waals surface area contributed by atoms with Gasteiger partial charge >= 0.3 is 85.7 Å². The van der Waals surface area contributed by atoms with Gasteiger partial charge in [-0.25, -0.2) is 0 Å². The van der Waals surface area contributed by atoms with Crippen LogP contribution in [0.1, 0.15) is 20.8 Å². The van der Waals surface area contributed by atoms with Crippen molar-refractivity contribution in [2.24, 2.45) is 0 Å². The van der Waals surface area contributed by atoms with Crippen LogP contribution in [0.5, 0.6) is 0 Å². The van der Waals surface area contributed by atoms with Crippen molar-refractivity contribution in [2.75, 3.05) is 20.0 Å². The predicted octanol–water partition coefficient (Wildman–Crippen LogP) is 2.60. The Balaban J connectivity index is 4.65. The fraction of sp³-hybridized carbons (Fsp3) is 1.00. The molecular weight excluding hydrogens is 307 g/mol. The summed E-state index contributed by atoms with van der Waals surface area (Å²) in [6, 6.07) is 0. The second-order valence-electron chi connectivity index (χ2n) is 2.50. The molecule has 0 amide bonds. The minimum absolute atomic E-state index is 0.113. The summed E-state index contributed by atoms with van der Waals surface area (Å²) >= 11 is -4.50. The normalized spacial score (nSPS) is 15.8. The van der Waals surface area contributed by atoms with Crippen molar-refractivity contribution >= 4 is 26.3 Å². The first kappa shape index (κ1) is 13.9. The molecule has 0 aliphatic rings. The molecule has 0 unspecified atom stereocenters. The SMILES string of the molecule is CCOI(O)(OC)(OC(C)C)SC. The Labute approximate surface area is 85.6 Å². The first-order valence-electron chi connectivity index (χ1n) is 3.99. The number of halogens is 1. The molecule has 1 N–H and O–H groups in total. The zero-order valence-electron chi connectivity index (χ0n) is 8.74. The average molecular weight is 326 g/mol. The number of rotatable bonds is 6. The van der Waals surface area contributed by atoms with Crippen LogP contribution in [-0.4, -0.2) is 29.5 Å². The third kappa shape index (κ3) is 3.88. The van der Waals surface area contributed by atoms with Crippen LogP contribution in [-0.2, 0) is 9.20 Å². The molecular formula is C7H19IO4S. The second-order valence-corrected chi connectivity index (χ2v) is 14.7. The molecule has 4 nitrogen and oxygen atoms in total. The molecule has 0 aliphatic heterocycles. The van der Waals surface area contributed by atoms with Crippen LogP contribution in [0.2, 0.25) is 0 Å². The van der Waals surface area contributed by atoms with E-state index in [9.17, 15) is 3.44 Å². The Morgan fingerprint density at radius 2 is 2.00 bits per heavy atom. The molecule has 0 saturated heterocycles. The van der Waals surface area contributed by atoms with E-state index in [-0.39, 0.29) is 6.10 Å². The molecule has 0 aliphatic carbocycles. The van der Waals surface area contributed by atoms with Crippen LogP contribution < -0.4 is 0 Å². The van der Waals surface area contributed by atoms with E-state index in [2.05, 4.69) is 0 Å². The number of hydrogen-bond acceptors (Lipinski definition) is 5. The van der Waals surface area contributed by atoms with E-state index in [0.717, 1.165) is 8.93 Å². The molecule has 0 spiro atoms. The van der Waals surface area contributed by atoms with Gasteiger partial charge in [-0.3, -0.25) is 0 Å². The summed E-state index contributed by atoms with van der Waals surface area (Å²) in [6.45, 7) is 5.86. The number of hydrogen-bond donors (Lipinski definition) is 1. The van der Waals surface area contributed by atoms with Gasteiger partial charge in [0.1, 0.15) is 0 Å². The van der Waals surface area contributed by atoms with Crippen molar-refractivity contribution in [1.82, 2.24) is 0 Å². The molecule has 0 aromatic rings. The van der Waals surface area contributed by atoms with E-state index in [1.165, 1.54) is 7.11 Å². The molecule has 0 radical (unpaired) electrons. The zero-order valence-corrected chi connectivity index (χ0v) is 11.7. The van der Waals surface area contributed by atoms with Gasteiger partial charge in [-0.2, -0.15) is 0 Å². The summed E-state index contributed by atoms with van der Waals surface area (Å²) in [5, 5.41) is 0. The van der Waals surface area contributed by atoms with Crippen LogP contribution >= 0.6 is 26.3 Å². The van der Waals surface area contributed by atoms with Crippen LogP contribution in [0.15, 0.2) is 0 Å². The van der Waals surface area contributed by atoms with Crippen molar-refractivity contribution in [1.29, 1.82) is 0 Å². The molecule has 84 valence electrons. The Kier molecular flexibility index (Phi) is 5.49. The van der Waals surface area contributed by atoms with Gasteiger partial charge in [-0.1, -0.05) is 0 Å². The van der Waals surface area contributed by atoms with Gasteiger partial charge in [-0.05, 0) is 0 Å². The van der Waals surface area contributed by atoms with E-state index < -0.39 is 17.3 Å². The monoisotopic (exact) mass is 326 g/mol. The Morgan fingerprint density at radius 3 is 2.23 bits per heavy atom. The van der Waals surface area contributed by atoms with Gasteiger partial charge in [-0.15, -0.1) is 0 Å². The van der Waals surface area contributed by atoms with E-state index in [1.807, 2.05) is 13.8 Å². The van der Waals surface area contributed by atoms with E-state index >= 15 is 0 Å². The maximum atomic E-state index is 10.2. The molecule has 0 heterocycles. The van der Waals surface area contributed by atoms with E-state index in [4.69, 9.17) is 9.20 Å². The second kappa shape index (κ2) is 5.13. The van der Waals surface area contributed by atoms with Crippen molar-refractivity contribution < 1.29 is 12.6 Å². The molecule has 0 aromatic carbocycles. The van der Waals surface area contributed by atoms with E-state index in [1.54, 1.807) is 13.2 Å². The third-order valence-corrected chi connectivity index (χ3v) is 13.0. The maximum absolute atomic E-state index is 10.2. The van der Waals surface area contributed by atoms with Crippen molar-refractivity contribution in [2.45, 2.75) is 26.9 Å². The topological polar surface area (TPSA) is 47.9 Å².